The lowest BCUT2D eigenvalue weighted by Crippen LogP contribution is -2.47. The summed E-state index contributed by atoms with van der Waals surface area (Å²) < 4.78 is 35.7. The van der Waals surface area contributed by atoms with Gasteiger partial charge >= 0.3 is 12.1 Å². The van der Waals surface area contributed by atoms with E-state index in [4.69, 9.17) is 0 Å². The molecule has 1 heterocycles. The molecule has 0 aromatic heterocycles. The second-order valence-corrected chi connectivity index (χ2v) is 3.29. The number of alkyl halides is 3. The predicted molar refractivity (Wildman–Crippen MR) is 45.2 cm³/mol. The topological polar surface area (TPSA) is 75.3 Å². The molecule has 1 fully saturated rings. The van der Waals surface area contributed by atoms with Crippen LogP contribution in [0.3, 0.4) is 0 Å². The highest BCUT2D eigenvalue weighted by Gasteiger charge is 2.41. The fraction of sp³-hybridized carbons (Fsp3) is 0.625. The molecule has 8 heteroatoms. The molecule has 0 unspecified atom stereocenters. The number of ketones is 1. The quantitative estimate of drug-likeness (QED) is 0.647. The van der Waals surface area contributed by atoms with Gasteiger partial charge in [-0.2, -0.15) is 13.2 Å². The number of hydrogen-bond acceptors (Lipinski definition) is 3. The summed E-state index contributed by atoms with van der Waals surface area (Å²) in [5.41, 5.74) is 0. The Balaban J connectivity index is 2.67. The maximum Gasteiger partial charge on any atom is 0.471 e. The summed E-state index contributed by atoms with van der Waals surface area (Å²) in [4.78, 5) is 32.8. The summed E-state index contributed by atoms with van der Waals surface area (Å²) in [6.45, 7) is 0.0794. The highest BCUT2D eigenvalue weighted by molar-refractivity contribution is 5.95. The third-order valence-corrected chi connectivity index (χ3v) is 2.03. The first-order valence-electron chi connectivity index (χ1n) is 4.48. The maximum atomic E-state index is 11.9. The van der Waals surface area contributed by atoms with Crippen LogP contribution in [0.5, 0.6) is 0 Å². The molecule has 0 bridgehead atoms. The van der Waals surface area contributed by atoms with Gasteiger partial charge in [-0.25, -0.2) is 0 Å². The minimum Gasteiger partial charge on any atom is -0.356 e. The molecular formula is C8H9F3N2O3. The average molecular weight is 238 g/mol. The highest BCUT2D eigenvalue weighted by Crippen LogP contribution is 2.15. The van der Waals surface area contributed by atoms with Crippen molar-refractivity contribution in [2.24, 2.45) is 0 Å². The van der Waals surface area contributed by atoms with Gasteiger partial charge in [-0.05, 0) is 0 Å². The Hall–Kier alpha value is -1.60. The van der Waals surface area contributed by atoms with Crippen LogP contribution in [0.25, 0.3) is 0 Å². The van der Waals surface area contributed by atoms with Crippen LogP contribution in [-0.4, -0.2) is 36.4 Å². The summed E-state index contributed by atoms with van der Waals surface area (Å²) in [7, 11) is 0. The van der Waals surface area contributed by atoms with Gasteiger partial charge in [0.1, 0.15) is 0 Å². The molecule has 1 aliphatic heterocycles. The van der Waals surface area contributed by atoms with Gasteiger partial charge in [0.25, 0.3) is 0 Å². The molecule has 0 saturated carbocycles. The zero-order valence-electron chi connectivity index (χ0n) is 8.06. The molecule has 5 nitrogen and oxygen atoms in total. The van der Waals surface area contributed by atoms with E-state index in [-0.39, 0.29) is 13.0 Å². The van der Waals surface area contributed by atoms with E-state index in [1.165, 1.54) is 5.32 Å². The minimum atomic E-state index is -5.05. The number of nitrogens with one attached hydrogen (secondary N) is 2. The van der Waals surface area contributed by atoms with E-state index in [0.717, 1.165) is 0 Å². The zero-order valence-corrected chi connectivity index (χ0v) is 8.06. The molecule has 0 aliphatic carbocycles. The van der Waals surface area contributed by atoms with Gasteiger partial charge in [0.15, 0.2) is 5.78 Å². The van der Waals surface area contributed by atoms with Gasteiger partial charge in [0.05, 0.1) is 12.5 Å². The van der Waals surface area contributed by atoms with E-state index < -0.39 is 36.2 Å². The Morgan fingerprint density at radius 2 is 2.00 bits per heavy atom. The van der Waals surface area contributed by atoms with Gasteiger partial charge in [-0.3, -0.25) is 14.4 Å². The molecule has 1 aliphatic rings. The molecule has 16 heavy (non-hydrogen) atoms. The molecule has 1 saturated heterocycles. The first-order chi connectivity index (χ1) is 7.30. The predicted octanol–water partition coefficient (Wildman–Crippen LogP) is -0.487. The Kier molecular flexibility index (Phi) is 3.51. The third kappa shape index (κ3) is 3.21. The third-order valence-electron chi connectivity index (χ3n) is 2.03. The van der Waals surface area contributed by atoms with Crippen LogP contribution < -0.4 is 10.6 Å². The Labute approximate surface area is 88.4 Å². The highest BCUT2D eigenvalue weighted by atomic mass is 19.4. The van der Waals surface area contributed by atoms with Crippen LogP contribution in [0.1, 0.15) is 12.8 Å². The number of halogens is 3. The van der Waals surface area contributed by atoms with Crippen molar-refractivity contribution in [3.63, 3.8) is 0 Å². The van der Waals surface area contributed by atoms with E-state index in [1.807, 2.05) is 0 Å². The SMILES string of the molecule is O=C1C[C@H](NC(=O)C(F)(F)F)C(=O)CCN1. The van der Waals surface area contributed by atoms with Crippen LogP contribution >= 0.6 is 0 Å². The van der Waals surface area contributed by atoms with Gasteiger partial charge in [0.2, 0.25) is 5.91 Å². The number of carbonyl (C=O) groups is 3. The monoisotopic (exact) mass is 238 g/mol. The van der Waals surface area contributed by atoms with E-state index in [0.29, 0.717) is 0 Å². The lowest BCUT2D eigenvalue weighted by molar-refractivity contribution is -0.174. The van der Waals surface area contributed by atoms with E-state index in [2.05, 4.69) is 5.32 Å². The number of hydrogen-bond donors (Lipinski definition) is 2. The lowest BCUT2D eigenvalue weighted by atomic mass is 10.1. The summed E-state index contributed by atoms with van der Waals surface area (Å²) in [6.07, 6.45) is -5.60. The molecule has 0 aromatic rings. The summed E-state index contributed by atoms with van der Waals surface area (Å²) in [5, 5.41) is 3.83. The minimum absolute atomic E-state index is 0.0794. The Morgan fingerprint density at radius 3 is 2.56 bits per heavy atom. The van der Waals surface area contributed by atoms with Crippen molar-refractivity contribution in [2.75, 3.05) is 6.54 Å². The van der Waals surface area contributed by atoms with E-state index in [1.54, 1.807) is 0 Å². The number of Topliss-reactive ketones (excluding diaryl/α,β-unsaturated/α-hetero) is 1. The Bertz CT molecular complexity index is 327. The zero-order chi connectivity index (χ0) is 12.3. The van der Waals surface area contributed by atoms with Crippen molar-refractivity contribution in [1.82, 2.24) is 10.6 Å². The molecule has 90 valence electrons. The van der Waals surface area contributed by atoms with Crippen molar-refractivity contribution >= 4 is 17.6 Å². The van der Waals surface area contributed by atoms with Crippen molar-refractivity contribution in [1.29, 1.82) is 0 Å². The van der Waals surface area contributed by atoms with Gasteiger partial charge in [-0.15, -0.1) is 0 Å². The van der Waals surface area contributed by atoms with Crippen LogP contribution in [0.15, 0.2) is 0 Å². The fourth-order valence-corrected chi connectivity index (χ4v) is 1.24. The van der Waals surface area contributed by atoms with Crippen LogP contribution in [0.2, 0.25) is 0 Å². The first kappa shape index (κ1) is 12.5. The smallest absolute Gasteiger partial charge is 0.356 e. The van der Waals surface area contributed by atoms with Crippen molar-refractivity contribution in [3.8, 4) is 0 Å². The Morgan fingerprint density at radius 1 is 1.38 bits per heavy atom. The van der Waals surface area contributed by atoms with Crippen molar-refractivity contribution in [3.05, 3.63) is 0 Å². The fourth-order valence-electron chi connectivity index (χ4n) is 1.24. The number of carbonyl (C=O) groups excluding carboxylic acids is 3. The maximum absolute atomic E-state index is 11.9. The molecule has 0 spiro atoms. The molecule has 1 atom stereocenters. The average Bonchev–Trinajstić information content (AvgIpc) is 2.28. The summed E-state index contributed by atoms with van der Waals surface area (Å²) in [5.74, 6) is -3.35. The standard InChI is InChI=1S/C8H9F3N2O3/c9-8(10,11)7(16)13-4-3-6(15)12-2-1-5(4)14/h4H,1-3H2,(H,12,15)(H,13,16)/t4-/m0/s1. The van der Waals surface area contributed by atoms with Gasteiger partial charge in [-0.1, -0.05) is 0 Å². The van der Waals surface area contributed by atoms with Crippen molar-refractivity contribution in [2.45, 2.75) is 25.1 Å². The molecule has 1 rings (SSSR count). The van der Waals surface area contributed by atoms with E-state index >= 15 is 0 Å². The molecule has 2 amide bonds. The summed E-state index contributed by atoms with van der Waals surface area (Å²) in [6, 6.07) is -1.39. The first-order valence-corrected chi connectivity index (χ1v) is 4.48. The van der Waals surface area contributed by atoms with Gasteiger partial charge in [0, 0.05) is 13.0 Å². The van der Waals surface area contributed by atoms with E-state index in [9.17, 15) is 27.6 Å². The van der Waals surface area contributed by atoms with Crippen molar-refractivity contribution < 1.29 is 27.6 Å². The molecule has 0 aromatic carbocycles. The molecule has 2 N–H and O–H groups in total. The largest absolute Gasteiger partial charge is 0.471 e. The van der Waals surface area contributed by atoms with Crippen LogP contribution in [0.4, 0.5) is 13.2 Å². The molecule has 0 radical (unpaired) electrons. The second-order valence-electron chi connectivity index (χ2n) is 3.29. The summed E-state index contributed by atoms with van der Waals surface area (Å²) >= 11 is 0. The van der Waals surface area contributed by atoms with Crippen LogP contribution in [-0.2, 0) is 14.4 Å². The van der Waals surface area contributed by atoms with Gasteiger partial charge < -0.3 is 10.6 Å². The number of amides is 2. The molecular weight excluding hydrogens is 229 g/mol. The van der Waals surface area contributed by atoms with Crippen LogP contribution in [0, 0.1) is 0 Å². The lowest BCUT2D eigenvalue weighted by Gasteiger charge is -2.15. The number of rotatable bonds is 1. The second kappa shape index (κ2) is 4.50. The normalized spacial score (nSPS) is 22.3.